The Balaban J connectivity index is 2.01. The molecule has 7 heteroatoms. The summed E-state index contributed by atoms with van der Waals surface area (Å²) < 4.78 is 1.54. The minimum Gasteiger partial charge on any atom is -0.480 e. The lowest BCUT2D eigenvalue weighted by atomic mass is 10.0. The number of benzene rings is 1. The van der Waals surface area contributed by atoms with E-state index < -0.39 is 17.9 Å². The van der Waals surface area contributed by atoms with Gasteiger partial charge >= 0.3 is 5.97 Å². The molecule has 2 N–H and O–H groups in total. The molecule has 7 nitrogen and oxygen atoms in total. The van der Waals surface area contributed by atoms with Crippen molar-refractivity contribution in [1.29, 1.82) is 0 Å². The van der Waals surface area contributed by atoms with Crippen LogP contribution in [-0.2, 0) is 11.3 Å². The number of hydrogen-bond donors (Lipinski definition) is 2. The SMILES string of the molecule is CC(C)CC(NC(=O)c1cn(Cc2ccccc2)nn1)C(=O)O. The molecule has 0 fully saturated rings. The van der Waals surface area contributed by atoms with Crippen LogP contribution in [0.15, 0.2) is 36.5 Å². The van der Waals surface area contributed by atoms with Gasteiger partial charge in [-0.15, -0.1) is 5.10 Å². The largest absolute Gasteiger partial charge is 0.480 e. The highest BCUT2D eigenvalue weighted by Crippen LogP contribution is 2.07. The summed E-state index contributed by atoms with van der Waals surface area (Å²) in [4.78, 5) is 23.3. The first-order valence-corrected chi connectivity index (χ1v) is 7.43. The van der Waals surface area contributed by atoms with E-state index in [1.54, 1.807) is 4.68 Å². The van der Waals surface area contributed by atoms with Crippen molar-refractivity contribution in [3.05, 3.63) is 47.8 Å². The van der Waals surface area contributed by atoms with Gasteiger partial charge in [0.1, 0.15) is 6.04 Å². The predicted octanol–water partition coefficient (Wildman–Crippen LogP) is 1.56. The Hall–Kier alpha value is -2.70. The number of rotatable bonds is 7. The average molecular weight is 316 g/mol. The molecule has 2 aromatic rings. The number of aromatic nitrogens is 3. The van der Waals surface area contributed by atoms with Crippen LogP contribution < -0.4 is 5.32 Å². The molecule has 23 heavy (non-hydrogen) atoms. The Morgan fingerprint density at radius 3 is 2.57 bits per heavy atom. The molecule has 0 radical (unpaired) electrons. The molecule has 0 aliphatic heterocycles. The van der Waals surface area contributed by atoms with Gasteiger partial charge in [0.05, 0.1) is 12.7 Å². The number of nitrogens with zero attached hydrogens (tertiary/aromatic N) is 3. The van der Waals surface area contributed by atoms with Crippen LogP contribution in [0.4, 0.5) is 0 Å². The molecule has 2 rings (SSSR count). The summed E-state index contributed by atoms with van der Waals surface area (Å²) >= 11 is 0. The lowest BCUT2D eigenvalue weighted by molar-refractivity contribution is -0.139. The Morgan fingerprint density at radius 2 is 1.96 bits per heavy atom. The van der Waals surface area contributed by atoms with Crippen LogP contribution in [0.25, 0.3) is 0 Å². The van der Waals surface area contributed by atoms with Gasteiger partial charge in [0.15, 0.2) is 5.69 Å². The average Bonchev–Trinajstić information content (AvgIpc) is 2.95. The van der Waals surface area contributed by atoms with E-state index in [9.17, 15) is 9.59 Å². The molecule has 1 aromatic heterocycles. The number of carboxylic acids is 1. The third-order valence-electron chi connectivity index (χ3n) is 3.27. The van der Waals surface area contributed by atoms with Crippen LogP contribution in [0.2, 0.25) is 0 Å². The molecule has 1 unspecified atom stereocenters. The van der Waals surface area contributed by atoms with E-state index in [1.165, 1.54) is 6.20 Å². The van der Waals surface area contributed by atoms with Crippen molar-refractivity contribution in [1.82, 2.24) is 20.3 Å². The second kappa shape index (κ2) is 7.53. The van der Waals surface area contributed by atoms with Crippen LogP contribution in [0.5, 0.6) is 0 Å². The first-order chi connectivity index (χ1) is 11.0. The Labute approximate surface area is 134 Å². The monoisotopic (exact) mass is 316 g/mol. The summed E-state index contributed by atoms with van der Waals surface area (Å²) in [6, 6.07) is 8.73. The summed E-state index contributed by atoms with van der Waals surface area (Å²) in [6.45, 7) is 4.30. The number of carbonyl (C=O) groups is 2. The summed E-state index contributed by atoms with van der Waals surface area (Å²) in [6.07, 6.45) is 1.87. The van der Waals surface area contributed by atoms with E-state index in [0.29, 0.717) is 13.0 Å². The standard InChI is InChI=1S/C16H20N4O3/c1-11(2)8-13(16(22)23)17-15(21)14-10-20(19-18-14)9-12-6-4-3-5-7-12/h3-7,10-11,13H,8-9H2,1-2H3,(H,17,21)(H,22,23). The summed E-state index contributed by atoms with van der Waals surface area (Å²) in [7, 11) is 0. The highest BCUT2D eigenvalue weighted by Gasteiger charge is 2.23. The van der Waals surface area contributed by atoms with Gasteiger partial charge in [-0.25, -0.2) is 9.48 Å². The zero-order valence-corrected chi connectivity index (χ0v) is 13.1. The molecule has 1 atom stereocenters. The number of nitrogens with one attached hydrogen (secondary N) is 1. The van der Waals surface area contributed by atoms with Crippen LogP contribution in [0, 0.1) is 5.92 Å². The topological polar surface area (TPSA) is 97.1 Å². The molecular weight excluding hydrogens is 296 g/mol. The first kappa shape index (κ1) is 16.7. The van der Waals surface area contributed by atoms with Gasteiger partial charge in [-0.3, -0.25) is 4.79 Å². The summed E-state index contributed by atoms with van der Waals surface area (Å²) in [5.74, 6) is -1.42. The second-order valence-corrected chi connectivity index (χ2v) is 5.78. The first-order valence-electron chi connectivity index (χ1n) is 7.43. The molecular formula is C16H20N4O3. The molecule has 1 amide bonds. The highest BCUT2D eigenvalue weighted by molar-refractivity contribution is 5.94. The quantitative estimate of drug-likeness (QED) is 0.808. The third-order valence-corrected chi connectivity index (χ3v) is 3.27. The van der Waals surface area contributed by atoms with Crippen molar-refractivity contribution in [3.63, 3.8) is 0 Å². The maximum atomic E-state index is 12.1. The zero-order chi connectivity index (χ0) is 16.8. The van der Waals surface area contributed by atoms with Gasteiger partial charge in [-0.05, 0) is 17.9 Å². The van der Waals surface area contributed by atoms with Crippen LogP contribution in [0.1, 0.15) is 36.3 Å². The summed E-state index contributed by atoms with van der Waals surface area (Å²) in [5, 5.41) is 19.4. The molecule has 0 aliphatic carbocycles. The van der Waals surface area contributed by atoms with Crippen molar-refractivity contribution in [3.8, 4) is 0 Å². The molecule has 1 aromatic carbocycles. The fourth-order valence-electron chi connectivity index (χ4n) is 2.18. The van der Waals surface area contributed by atoms with Gasteiger partial charge in [-0.2, -0.15) is 0 Å². The minimum atomic E-state index is -1.05. The molecule has 0 aliphatic rings. The number of hydrogen-bond acceptors (Lipinski definition) is 4. The normalized spacial score (nSPS) is 12.1. The molecule has 122 valence electrons. The molecule has 1 heterocycles. The van der Waals surface area contributed by atoms with Crippen molar-refractivity contribution < 1.29 is 14.7 Å². The van der Waals surface area contributed by atoms with Crippen molar-refractivity contribution in [2.45, 2.75) is 32.9 Å². The Kier molecular flexibility index (Phi) is 5.46. The highest BCUT2D eigenvalue weighted by atomic mass is 16.4. The third kappa shape index (κ3) is 4.91. The van der Waals surface area contributed by atoms with Crippen molar-refractivity contribution in [2.75, 3.05) is 0 Å². The van der Waals surface area contributed by atoms with Crippen molar-refractivity contribution >= 4 is 11.9 Å². The molecule has 0 bridgehead atoms. The Bertz CT molecular complexity index is 667. The van der Waals surface area contributed by atoms with E-state index in [4.69, 9.17) is 5.11 Å². The molecule has 0 saturated heterocycles. The number of carboxylic acid groups (broad SMARTS) is 1. The van der Waals surface area contributed by atoms with Gasteiger partial charge in [0.2, 0.25) is 0 Å². The van der Waals surface area contributed by atoms with Gasteiger partial charge < -0.3 is 10.4 Å². The minimum absolute atomic E-state index is 0.107. The van der Waals surface area contributed by atoms with E-state index in [2.05, 4.69) is 15.6 Å². The fourth-order valence-corrected chi connectivity index (χ4v) is 2.18. The van der Waals surface area contributed by atoms with Gasteiger partial charge in [0, 0.05) is 0 Å². The van der Waals surface area contributed by atoms with Crippen LogP contribution in [-0.4, -0.2) is 38.0 Å². The number of carbonyl (C=O) groups excluding carboxylic acids is 1. The summed E-state index contributed by atoms with van der Waals surface area (Å²) in [5.41, 5.74) is 1.14. The van der Waals surface area contributed by atoms with Crippen LogP contribution >= 0.6 is 0 Å². The van der Waals surface area contributed by atoms with Crippen LogP contribution in [0.3, 0.4) is 0 Å². The fraction of sp³-hybridized carbons (Fsp3) is 0.375. The lowest BCUT2D eigenvalue weighted by Gasteiger charge is -2.15. The molecule has 0 saturated carbocycles. The number of amides is 1. The van der Waals surface area contributed by atoms with E-state index >= 15 is 0 Å². The Morgan fingerprint density at radius 1 is 1.26 bits per heavy atom. The zero-order valence-electron chi connectivity index (χ0n) is 13.1. The van der Waals surface area contributed by atoms with Gasteiger partial charge in [-0.1, -0.05) is 49.4 Å². The van der Waals surface area contributed by atoms with E-state index in [-0.39, 0.29) is 11.6 Å². The second-order valence-electron chi connectivity index (χ2n) is 5.78. The number of aliphatic carboxylic acids is 1. The maximum absolute atomic E-state index is 12.1. The smallest absolute Gasteiger partial charge is 0.326 e. The molecule has 0 spiro atoms. The maximum Gasteiger partial charge on any atom is 0.326 e. The van der Waals surface area contributed by atoms with Crippen molar-refractivity contribution in [2.24, 2.45) is 5.92 Å². The lowest BCUT2D eigenvalue weighted by Crippen LogP contribution is -2.41. The van der Waals surface area contributed by atoms with Gasteiger partial charge in [0.25, 0.3) is 5.91 Å². The predicted molar refractivity (Wildman–Crippen MR) is 83.9 cm³/mol. The van der Waals surface area contributed by atoms with E-state index in [1.807, 2.05) is 44.2 Å². The van der Waals surface area contributed by atoms with E-state index in [0.717, 1.165) is 5.56 Å².